The molecule has 2 unspecified atom stereocenters. The Hall–Kier alpha value is -0.820. The molecule has 7 heteroatoms. The van der Waals surface area contributed by atoms with Gasteiger partial charge < -0.3 is 16.6 Å². The highest BCUT2D eigenvalue weighted by atomic mass is 19.3. The standard InChI is InChI=1S/C8H15F3N2O2/c9-6(7(10)11)4(12)2-1-3-5(13)8(14)15/h4-7H,1-3,12-13H2,(H,14,15)/t4?,5-,6?/m0/s1. The smallest absolute Gasteiger partial charge is 0.320 e. The van der Waals surface area contributed by atoms with Crippen LogP contribution < -0.4 is 11.5 Å². The van der Waals surface area contributed by atoms with Gasteiger partial charge in [0.2, 0.25) is 0 Å². The van der Waals surface area contributed by atoms with Crippen LogP contribution >= 0.6 is 0 Å². The summed E-state index contributed by atoms with van der Waals surface area (Å²) < 4.78 is 36.2. The van der Waals surface area contributed by atoms with Crippen LogP contribution in [0.1, 0.15) is 19.3 Å². The minimum atomic E-state index is -3.10. The predicted molar refractivity (Wildman–Crippen MR) is 48.3 cm³/mol. The third-order valence-electron chi connectivity index (χ3n) is 2.02. The minimum absolute atomic E-state index is 0.00745. The first-order valence-electron chi connectivity index (χ1n) is 4.52. The number of nitrogens with two attached hydrogens (primary N) is 2. The van der Waals surface area contributed by atoms with Gasteiger partial charge in [-0.3, -0.25) is 4.79 Å². The van der Waals surface area contributed by atoms with E-state index in [1.165, 1.54) is 0 Å². The van der Waals surface area contributed by atoms with Crippen LogP contribution in [0.15, 0.2) is 0 Å². The molecule has 0 saturated carbocycles. The van der Waals surface area contributed by atoms with E-state index in [2.05, 4.69) is 0 Å². The quantitative estimate of drug-likeness (QED) is 0.592. The molecule has 90 valence electrons. The van der Waals surface area contributed by atoms with E-state index in [4.69, 9.17) is 16.6 Å². The molecule has 0 fully saturated rings. The maximum absolute atomic E-state index is 12.6. The molecule has 0 aromatic heterocycles. The van der Waals surface area contributed by atoms with E-state index in [1.54, 1.807) is 0 Å². The van der Waals surface area contributed by atoms with E-state index in [1.807, 2.05) is 0 Å². The highest BCUT2D eigenvalue weighted by Gasteiger charge is 2.26. The molecule has 0 aromatic rings. The summed E-state index contributed by atoms with van der Waals surface area (Å²) >= 11 is 0. The highest BCUT2D eigenvalue weighted by molar-refractivity contribution is 5.72. The number of halogens is 3. The normalized spacial score (nSPS) is 17.5. The van der Waals surface area contributed by atoms with Crippen LogP contribution in [-0.2, 0) is 4.79 Å². The lowest BCUT2D eigenvalue weighted by Crippen LogP contribution is -2.37. The van der Waals surface area contributed by atoms with Gasteiger partial charge >= 0.3 is 5.97 Å². The predicted octanol–water partition coefficient (Wildman–Crippen LogP) is 0.499. The van der Waals surface area contributed by atoms with Crippen molar-refractivity contribution in [3.05, 3.63) is 0 Å². The zero-order valence-electron chi connectivity index (χ0n) is 8.07. The fourth-order valence-electron chi connectivity index (χ4n) is 1.04. The second kappa shape index (κ2) is 6.62. The molecule has 0 amide bonds. The summed E-state index contributed by atoms with van der Waals surface area (Å²) in [5, 5.41) is 8.39. The van der Waals surface area contributed by atoms with Gasteiger partial charge in [-0.25, -0.2) is 13.2 Å². The number of hydrogen-bond donors (Lipinski definition) is 3. The van der Waals surface area contributed by atoms with Crippen LogP contribution in [0.3, 0.4) is 0 Å². The van der Waals surface area contributed by atoms with Gasteiger partial charge in [0.25, 0.3) is 6.43 Å². The van der Waals surface area contributed by atoms with Crippen LogP contribution in [-0.4, -0.2) is 35.8 Å². The van der Waals surface area contributed by atoms with Crippen molar-refractivity contribution in [2.24, 2.45) is 11.5 Å². The summed E-state index contributed by atoms with van der Waals surface area (Å²) in [6.45, 7) is 0. The molecule has 0 aliphatic heterocycles. The second-order valence-electron chi connectivity index (χ2n) is 3.32. The largest absolute Gasteiger partial charge is 0.480 e. The van der Waals surface area contributed by atoms with Crippen molar-refractivity contribution in [2.45, 2.75) is 43.9 Å². The fourth-order valence-corrected chi connectivity index (χ4v) is 1.04. The monoisotopic (exact) mass is 228 g/mol. The Bertz CT molecular complexity index is 204. The van der Waals surface area contributed by atoms with Crippen LogP contribution in [0, 0.1) is 0 Å². The number of hydrogen-bond acceptors (Lipinski definition) is 3. The Morgan fingerprint density at radius 2 is 1.73 bits per heavy atom. The van der Waals surface area contributed by atoms with Crippen molar-refractivity contribution in [1.82, 2.24) is 0 Å². The number of carbonyl (C=O) groups is 1. The summed E-state index contributed by atoms with van der Waals surface area (Å²) in [5.74, 6) is -1.17. The molecule has 0 saturated heterocycles. The topological polar surface area (TPSA) is 89.3 Å². The highest BCUT2D eigenvalue weighted by Crippen LogP contribution is 2.13. The molecular weight excluding hydrogens is 213 g/mol. The van der Waals surface area contributed by atoms with Crippen molar-refractivity contribution in [3.8, 4) is 0 Å². The number of carboxylic acid groups (broad SMARTS) is 1. The van der Waals surface area contributed by atoms with Crippen LogP contribution in [0.4, 0.5) is 13.2 Å². The fraction of sp³-hybridized carbons (Fsp3) is 0.875. The van der Waals surface area contributed by atoms with Gasteiger partial charge in [0.1, 0.15) is 6.04 Å². The molecule has 5 N–H and O–H groups in total. The zero-order chi connectivity index (χ0) is 12.0. The lowest BCUT2D eigenvalue weighted by atomic mass is 10.0. The molecule has 0 aromatic carbocycles. The summed E-state index contributed by atoms with van der Waals surface area (Å²) in [6.07, 6.45) is -5.17. The maximum Gasteiger partial charge on any atom is 0.320 e. The molecule has 0 rings (SSSR count). The Labute approximate surface area is 85.4 Å². The molecule has 0 bridgehead atoms. The summed E-state index contributed by atoms with van der Waals surface area (Å²) in [7, 11) is 0. The van der Waals surface area contributed by atoms with Crippen LogP contribution in [0.5, 0.6) is 0 Å². The number of rotatable bonds is 7. The van der Waals surface area contributed by atoms with Crippen molar-refractivity contribution in [1.29, 1.82) is 0 Å². The zero-order valence-corrected chi connectivity index (χ0v) is 8.07. The van der Waals surface area contributed by atoms with Crippen LogP contribution in [0.25, 0.3) is 0 Å². The first-order chi connectivity index (χ1) is 6.86. The third kappa shape index (κ3) is 5.58. The Balaban J connectivity index is 3.72. The molecular formula is C8H15F3N2O2. The molecule has 4 nitrogen and oxygen atoms in total. The van der Waals surface area contributed by atoms with Gasteiger partial charge in [0, 0.05) is 6.04 Å². The SMILES string of the molecule is NC(CCC[C@H](N)C(=O)O)C(F)C(F)F. The molecule has 0 aliphatic carbocycles. The number of carboxylic acids is 1. The molecule has 0 spiro atoms. The Kier molecular flexibility index (Phi) is 6.26. The van der Waals surface area contributed by atoms with Crippen molar-refractivity contribution >= 4 is 5.97 Å². The van der Waals surface area contributed by atoms with Gasteiger partial charge in [-0.15, -0.1) is 0 Å². The molecule has 0 heterocycles. The van der Waals surface area contributed by atoms with E-state index in [0.717, 1.165) is 0 Å². The van der Waals surface area contributed by atoms with Gasteiger partial charge in [-0.2, -0.15) is 0 Å². The minimum Gasteiger partial charge on any atom is -0.480 e. The van der Waals surface area contributed by atoms with Gasteiger partial charge in [-0.1, -0.05) is 0 Å². The molecule has 3 atom stereocenters. The second-order valence-corrected chi connectivity index (χ2v) is 3.32. The first kappa shape index (κ1) is 14.2. The Morgan fingerprint density at radius 3 is 2.13 bits per heavy atom. The number of aliphatic carboxylic acids is 1. The van der Waals surface area contributed by atoms with E-state index in [9.17, 15) is 18.0 Å². The average Bonchev–Trinajstić information content (AvgIpc) is 2.15. The summed E-state index contributed by atoms with van der Waals surface area (Å²) in [5.41, 5.74) is 10.3. The van der Waals surface area contributed by atoms with E-state index in [0.29, 0.717) is 0 Å². The maximum atomic E-state index is 12.6. The first-order valence-corrected chi connectivity index (χ1v) is 4.52. The van der Waals surface area contributed by atoms with Crippen molar-refractivity contribution < 1.29 is 23.1 Å². The van der Waals surface area contributed by atoms with Crippen molar-refractivity contribution in [3.63, 3.8) is 0 Å². The lowest BCUT2D eigenvalue weighted by Gasteiger charge is -2.16. The summed E-state index contributed by atoms with van der Waals surface area (Å²) in [6, 6.07) is -2.33. The Morgan fingerprint density at radius 1 is 1.20 bits per heavy atom. The van der Waals surface area contributed by atoms with E-state index < -0.39 is 30.7 Å². The third-order valence-corrected chi connectivity index (χ3v) is 2.02. The molecule has 15 heavy (non-hydrogen) atoms. The average molecular weight is 228 g/mol. The molecule has 0 aliphatic rings. The van der Waals surface area contributed by atoms with E-state index in [-0.39, 0.29) is 19.3 Å². The lowest BCUT2D eigenvalue weighted by molar-refractivity contribution is -0.138. The summed E-state index contributed by atoms with van der Waals surface area (Å²) in [4.78, 5) is 10.3. The van der Waals surface area contributed by atoms with Gasteiger partial charge in [0.15, 0.2) is 6.17 Å². The van der Waals surface area contributed by atoms with Gasteiger partial charge in [0.05, 0.1) is 0 Å². The van der Waals surface area contributed by atoms with Crippen LogP contribution in [0.2, 0.25) is 0 Å². The number of alkyl halides is 3. The van der Waals surface area contributed by atoms with Gasteiger partial charge in [-0.05, 0) is 19.3 Å². The van der Waals surface area contributed by atoms with Crippen molar-refractivity contribution in [2.75, 3.05) is 0 Å². The molecule has 0 radical (unpaired) electrons. The van der Waals surface area contributed by atoms with E-state index >= 15 is 0 Å².